The van der Waals surface area contributed by atoms with Crippen LogP contribution in [0.2, 0.25) is 0 Å². The van der Waals surface area contributed by atoms with E-state index in [1.807, 2.05) is 0 Å². The molecule has 0 bridgehead atoms. The van der Waals surface area contributed by atoms with E-state index < -0.39 is 7.14 Å². The molecule has 0 heterocycles. The zero-order valence-electron chi connectivity index (χ0n) is 10.3. The molecule has 0 radical (unpaired) electrons. The maximum atomic E-state index is 12.9. The highest BCUT2D eigenvalue weighted by Gasteiger charge is 2.44. The van der Waals surface area contributed by atoms with Gasteiger partial charge < -0.3 is 4.57 Å². The van der Waals surface area contributed by atoms with Crippen molar-refractivity contribution in [3.63, 3.8) is 0 Å². The van der Waals surface area contributed by atoms with Gasteiger partial charge in [-0.3, -0.25) is 0 Å². The Hall–Kier alpha value is 0.230. The molecule has 0 atom stereocenters. The molecule has 80 valence electrons. The van der Waals surface area contributed by atoms with Crippen molar-refractivity contribution in [2.24, 2.45) is 0 Å². The topological polar surface area (TPSA) is 17.1 Å². The molecule has 0 amide bonds. The molecule has 0 aromatic carbocycles. The van der Waals surface area contributed by atoms with Crippen LogP contribution in [-0.4, -0.2) is 16.5 Å². The zero-order chi connectivity index (χ0) is 10.9. The molecule has 0 unspecified atom stereocenters. The van der Waals surface area contributed by atoms with Gasteiger partial charge >= 0.3 is 0 Å². The minimum Gasteiger partial charge on any atom is -0.322 e. The van der Waals surface area contributed by atoms with Gasteiger partial charge in [0.2, 0.25) is 0 Å². The van der Waals surface area contributed by atoms with Gasteiger partial charge in [0.25, 0.3) is 0 Å². The Morgan fingerprint density at radius 1 is 0.923 bits per heavy atom. The van der Waals surface area contributed by atoms with E-state index in [-0.39, 0.29) is 10.3 Å². The highest BCUT2D eigenvalue weighted by molar-refractivity contribution is 7.66. The van der Waals surface area contributed by atoms with Gasteiger partial charge in [-0.1, -0.05) is 48.5 Å². The van der Waals surface area contributed by atoms with Crippen molar-refractivity contribution in [3.05, 3.63) is 0 Å². The van der Waals surface area contributed by atoms with Crippen molar-refractivity contribution in [1.82, 2.24) is 0 Å². The minimum absolute atomic E-state index is 0.0543. The molecule has 0 aliphatic rings. The summed E-state index contributed by atoms with van der Waals surface area (Å²) in [6.07, 6.45) is 1.89. The molecule has 0 saturated heterocycles. The van der Waals surface area contributed by atoms with Gasteiger partial charge in [0.1, 0.15) is 0 Å². The van der Waals surface area contributed by atoms with Crippen molar-refractivity contribution in [2.45, 2.75) is 65.2 Å². The highest BCUT2D eigenvalue weighted by Crippen LogP contribution is 2.66. The lowest BCUT2D eigenvalue weighted by Gasteiger charge is -2.41. The van der Waals surface area contributed by atoms with Crippen LogP contribution in [0.1, 0.15) is 54.9 Å². The molecule has 0 aromatic rings. The van der Waals surface area contributed by atoms with Crippen LogP contribution in [0.5, 0.6) is 0 Å². The molecule has 0 rings (SSSR count). The summed E-state index contributed by atoms with van der Waals surface area (Å²) in [4.78, 5) is 0. The Labute approximate surface area is 83.7 Å². The van der Waals surface area contributed by atoms with Crippen LogP contribution in [0, 0.1) is 0 Å². The number of hydrogen-bond acceptors (Lipinski definition) is 1. The van der Waals surface area contributed by atoms with Crippen molar-refractivity contribution >= 4 is 7.14 Å². The van der Waals surface area contributed by atoms with Gasteiger partial charge in [0.05, 0.1) is 7.14 Å². The summed E-state index contributed by atoms with van der Waals surface area (Å²) in [6.45, 7) is 14.8. The van der Waals surface area contributed by atoms with Crippen LogP contribution in [-0.2, 0) is 4.57 Å². The molecule has 0 aliphatic carbocycles. The number of hydrogen-bond donors (Lipinski definition) is 0. The molecule has 0 fully saturated rings. The van der Waals surface area contributed by atoms with Crippen molar-refractivity contribution in [2.75, 3.05) is 6.16 Å². The lowest BCUT2D eigenvalue weighted by molar-refractivity contribution is 0.516. The van der Waals surface area contributed by atoms with Gasteiger partial charge in [-0.05, 0) is 6.42 Å². The first-order valence-corrected chi connectivity index (χ1v) is 7.05. The summed E-state index contributed by atoms with van der Waals surface area (Å²) in [5, 5.41) is -0.109. The lowest BCUT2D eigenvalue weighted by Crippen LogP contribution is -2.30. The van der Waals surface area contributed by atoms with E-state index >= 15 is 0 Å². The summed E-state index contributed by atoms with van der Waals surface area (Å²) >= 11 is 0. The van der Waals surface area contributed by atoms with Crippen LogP contribution in [0.15, 0.2) is 0 Å². The van der Waals surface area contributed by atoms with Gasteiger partial charge in [-0.2, -0.15) is 0 Å². The fraction of sp³-hybridized carbons (Fsp3) is 1.00. The van der Waals surface area contributed by atoms with Crippen LogP contribution >= 0.6 is 7.14 Å². The highest BCUT2D eigenvalue weighted by atomic mass is 31.2. The summed E-state index contributed by atoms with van der Waals surface area (Å²) < 4.78 is 12.9. The number of rotatable bonds is 2. The van der Waals surface area contributed by atoms with Gasteiger partial charge in [-0.25, -0.2) is 0 Å². The first-order valence-electron chi connectivity index (χ1n) is 5.15. The fourth-order valence-electron chi connectivity index (χ4n) is 1.99. The molecule has 0 aromatic heterocycles. The molecule has 0 saturated carbocycles. The SMILES string of the molecule is CCCP(=O)(C(C)(C)C)C(C)(C)C. The van der Waals surface area contributed by atoms with Crippen LogP contribution in [0.3, 0.4) is 0 Å². The third-order valence-electron chi connectivity index (χ3n) is 2.71. The Balaban J connectivity index is 5.10. The van der Waals surface area contributed by atoms with Crippen LogP contribution in [0.25, 0.3) is 0 Å². The molecule has 2 heteroatoms. The molecule has 0 N–H and O–H groups in total. The van der Waals surface area contributed by atoms with Crippen molar-refractivity contribution in [3.8, 4) is 0 Å². The molecule has 0 spiro atoms. The minimum atomic E-state index is -2.09. The predicted octanol–water partition coefficient (Wildman–Crippen LogP) is 4.36. The van der Waals surface area contributed by atoms with E-state index in [1.54, 1.807) is 0 Å². The molecule has 13 heavy (non-hydrogen) atoms. The largest absolute Gasteiger partial charge is 0.322 e. The first-order chi connectivity index (χ1) is 5.56. The summed E-state index contributed by atoms with van der Waals surface area (Å²) in [5.41, 5.74) is 0. The summed E-state index contributed by atoms with van der Waals surface area (Å²) in [5.74, 6) is 0. The maximum absolute atomic E-state index is 12.9. The monoisotopic (exact) mass is 204 g/mol. The standard InChI is InChI=1S/C11H25OP/c1-8-9-13(12,10(2,3)4)11(5,6)7/h8-9H2,1-7H3. The molecule has 1 nitrogen and oxygen atoms in total. The van der Waals surface area contributed by atoms with E-state index in [1.165, 1.54) is 0 Å². The van der Waals surface area contributed by atoms with E-state index in [4.69, 9.17) is 0 Å². The van der Waals surface area contributed by atoms with Gasteiger partial charge in [0.15, 0.2) is 0 Å². The smallest absolute Gasteiger partial charge is 0.0977 e. The fourth-order valence-corrected chi connectivity index (χ4v) is 5.98. The van der Waals surface area contributed by atoms with E-state index in [2.05, 4.69) is 48.5 Å². The van der Waals surface area contributed by atoms with Crippen LogP contribution in [0.4, 0.5) is 0 Å². The quantitative estimate of drug-likeness (QED) is 0.611. The second-order valence-corrected chi connectivity index (χ2v) is 10.4. The Bertz CT molecular complexity index is 187. The van der Waals surface area contributed by atoms with Gasteiger partial charge in [-0.15, -0.1) is 0 Å². The summed E-state index contributed by atoms with van der Waals surface area (Å²) in [7, 11) is -2.09. The molecular formula is C11H25OP. The predicted molar refractivity (Wildman–Crippen MR) is 62.3 cm³/mol. The molecular weight excluding hydrogens is 179 g/mol. The maximum Gasteiger partial charge on any atom is 0.0977 e. The summed E-state index contributed by atoms with van der Waals surface area (Å²) in [6, 6.07) is 0. The third kappa shape index (κ3) is 2.59. The van der Waals surface area contributed by atoms with E-state index in [9.17, 15) is 4.57 Å². The molecule has 0 aliphatic heterocycles. The van der Waals surface area contributed by atoms with E-state index in [0.717, 1.165) is 12.6 Å². The average Bonchev–Trinajstić information content (AvgIpc) is 1.82. The lowest BCUT2D eigenvalue weighted by atomic mass is 10.2. The van der Waals surface area contributed by atoms with Crippen molar-refractivity contribution in [1.29, 1.82) is 0 Å². The second-order valence-electron chi connectivity index (χ2n) is 5.80. The first kappa shape index (κ1) is 13.2. The Morgan fingerprint density at radius 3 is 1.31 bits per heavy atom. The Kier molecular flexibility index (Phi) is 3.84. The third-order valence-corrected chi connectivity index (χ3v) is 8.12. The van der Waals surface area contributed by atoms with Crippen molar-refractivity contribution < 1.29 is 4.57 Å². The van der Waals surface area contributed by atoms with Gasteiger partial charge in [0, 0.05) is 16.5 Å². The van der Waals surface area contributed by atoms with Crippen LogP contribution < -0.4 is 0 Å². The second kappa shape index (κ2) is 3.77. The Morgan fingerprint density at radius 2 is 1.23 bits per heavy atom. The average molecular weight is 204 g/mol. The zero-order valence-corrected chi connectivity index (χ0v) is 11.2. The van der Waals surface area contributed by atoms with E-state index in [0.29, 0.717) is 0 Å². The normalized spacial score (nSPS) is 14.7.